The maximum atomic E-state index is 5.85. The molecule has 18 heavy (non-hydrogen) atoms. The Morgan fingerprint density at radius 1 is 1.44 bits per heavy atom. The van der Waals surface area contributed by atoms with Crippen LogP contribution in [0, 0.1) is 5.92 Å². The molecule has 0 saturated heterocycles. The molecule has 0 aromatic heterocycles. The van der Waals surface area contributed by atoms with Crippen molar-refractivity contribution in [3.8, 4) is 0 Å². The number of nitrogens with two attached hydrogens (primary N) is 2. The van der Waals surface area contributed by atoms with Crippen molar-refractivity contribution in [2.75, 3.05) is 6.54 Å². The predicted molar refractivity (Wildman–Crippen MR) is 79.6 cm³/mol. The Balaban J connectivity index is 4.79. The maximum Gasteiger partial charge on any atom is 0.148 e. The van der Waals surface area contributed by atoms with Gasteiger partial charge in [-0.15, -0.1) is 0 Å². The molecule has 0 aromatic rings. The van der Waals surface area contributed by atoms with E-state index in [1.54, 1.807) is 0 Å². The molecule has 0 aliphatic carbocycles. The van der Waals surface area contributed by atoms with Crippen molar-refractivity contribution in [2.24, 2.45) is 27.4 Å². The van der Waals surface area contributed by atoms with Gasteiger partial charge in [-0.05, 0) is 25.5 Å². The van der Waals surface area contributed by atoms with Crippen LogP contribution in [0.25, 0.3) is 0 Å². The summed E-state index contributed by atoms with van der Waals surface area (Å²) in [6.45, 7) is 10.2. The first-order chi connectivity index (χ1) is 8.54. The number of nitrogens with one attached hydrogen (secondary N) is 1. The minimum Gasteiger partial charge on any atom is -0.398 e. The number of rotatable bonds is 9. The van der Waals surface area contributed by atoms with Gasteiger partial charge in [-0.3, -0.25) is 4.99 Å². The van der Waals surface area contributed by atoms with Gasteiger partial charge in [-0.1, -0.05) is 27.2 Å². The molecule has 0 bridgehead atoms. The summed E-state index contributed by atoms with van der Waals surface area (Å²) in [6.07, 6.45) is 4.65. The van der Waals surface area contributed by atoms with Crippen LogP contribution in [0.1, 0.15) is 40.0 Å². The first-order valence-corrected chi connectivity index (χ1v) is 6.48. The molecule has 5 N–H and O–H groups in total. The normalized spacial score (nSPS) is 14.7. The Morgan fingerprint density at radius 3 is 2.56 bits per heavy atom. The molecule has 0 aromatic carbocycles. The molecule has 0 aliphatic rings. The number of hydrogen-bond donors (Lipinski definition) is 3. The van der Waals surface area contributed by atoms with Gasteiger partial charge in [0, 0.05) is 12.6 Å². The molecule has 5 nitrogen and oxygen atoms in total. The average molecular weight is 253 g/mol. The molecule has 1 atom stereocenters. The molecule has 0 radical (unpaired) electrons. The van der Waals surface area contributed by atoms with Gasteiger partial charge in [-0.25, -0.2) is 4.99 Å². The highest BCUT2D eigenvalue weighted by molar-refractivity contribution is 5.63. The summed E-state index contributed by atoms with van der Waals surface area (Å²) in [7, 11) is 0. The van der Waals surface area contributed by atoms with Gasteiger partial charge >= 0.3 is 0 Å². The largest absolute Gasteiger partial charge is 0.398 e. The Labute approximate surface area is 110 Å². The molecule has 0 amide bonds. The van der Waals surface area contributed by atoms with Crippen LogP contribution in [0.15, 0.2) is 21.5 Å². The summed E-state index contributed by atoms with van der Waals surface area (Å²) in [4.78, 5) is 7.75. The number of aliphatic imine (C=N–C) groups is 2. The van der Waals surface area contributed by atoms with Gasteiger partial charge in [0.15, 0.2) is 0 Å². The quantitative estimate of drug-likeness (QED) is 0.431. The summed E-state index contributed by atoms with van der Waals surface area (Å²) in [5.41, 5.74) is 11.9. The molecule has 5 heteroatoms. The molecule has 104 valence electrons. The summed E-state index contributed by atoms with van der Waals surface area (Å²) < 4.78 is 0. The summed E-state index contributed by atoms with van der Waals surface area (Å²) in [5, 5.41) is 3.36. The Morgan fingerprint density at radius 2 is 2.11 bits per heavy atom. The van der Waals surface area contributed by atoms with Crippen LogP contribution < -0.4 is 16.8 Å². The Hall–Kier alpha value is -1.36. The molecule has 1 unspecified atom stereocenters. The number of nitrogens with zero attached hydrogens (tertiary/aromatic N) is 2. The van der Waals surface area contributed by atoms with Gasteiger partial charge in [0.2, 0.25) is 0 Å². The third-order valence-corrected chi connectivity index (χ3v) is 2.53. The van der Waals surface area contributed by atoms with Crippen LogP contribution in [0.5, 0.6) is 0 Å². The summed E-state index contributed by atoms with van der Waals surface area (Å²) >= 11 is 0. The predicted octanol–water partition coefficient (Wildman–Crippen LogP) is 1.61. The molecule has 0 spiro atoms. The zero-order valence-corrected chi connectivity index (χ0v) is 11.8. The number of hydrogen-bond acceptors (Lipinski definition) is 4. The summed E-state index contributed by atoms with van der Waals surface area (Å²) in [6, 6.07) is 0.358. The lowest BCUT2D eigenvalue weighted by molar-refractivity contribution is 0.418. The average Bonchev–Trinajstić information content (AvgIpc) is 2.32. The molecule has 0 fully saturated rings. The van der Waals surface area contributed by atoms with Crippen molar-refractivity contribution in [3.63, 3.8) is 0 Å². The van der Waals surface area contributed by atoms with Gasteiger partial charge in [0.25, 0.3) is 0 Å². The Kier molecular flexibility index (Phi) is 8.92. The fraction of sp³-hybridized carbons (Fsp3) is 0.692. The van der Waals surface area contributed by atoms with Crippen molar-refractivity contribution < 1.29 is 0 Å². The second-order valence-corrected chi connectivity index (χ2v) is 4.76. The van der Waals surface area contributed by atoms with Crippen molar-refractivity contribution in [2.45, 2.75) is 46.1 Å². The molecule has 0 heterocycles. The van der Waals surface area contributed by atoms with E-state index in [0.717, 1.165) is 19.3 Å². The third-order valence-electron chi connectivity index (χ3n) is 2.53. The van der Waals surface area contributed by atoms with E-state index in [1.165, 1.54) is 6.34 Å². The zero-order chi connectivity index (χ0) is 14.0. The second kappa shape index (κ2) is 9.65. The van der Waals surface area contributed by atoms with Crippen molar-refractivity contribution >= 4 is 13.1 Å². The van der Waals surface area contributed by atoms with Gasteiger partial charge < -0.3 is 16.8 Å². The third kappa shape index (κ3) is 7.06. The Bertz CT molecular complexity index is 294. The van der Waals surface area contributed by atoms with Gasteiger partial charge in [0.05, 0.1) is 5.70 Å². The van der Waals surface area contributed by atoms with Crippen LogP contribution in [0.4, 0.5) is 0 Å². The monoisotopic (exact) mass is 253 g/mol. The van der Waals surface area contributed by atoms with Crippen LogP contribution in [0.3, 0.4) is 0 Å². The highest BCUT2D eigenvalue weighted by atomic mass is 15.1. The van der Waals surface area contributed by atoms with E-state index >= 15 is 0 Å². The smallest absolute Gasteiger partial charge is 0.148 e. The minimum absolute atomic E-state index is 0.275. The zero-order valence-electron chi connectivity index (χ0n) is 11.8. The van der Waals surface area contributed by atoms with E-state index in [1.807, 2.05) is 0 Å². The van der Waals surface area contributed by atoms with E-state index in [2.05, 4.69) is 42.8 Å². The molecule has 0 rings (SSSR count). The molecular formula is C13H27N5. The van der Waals surface area contributed by atoms with E-state index < -0.39 is 0 Å². The lowest BCUT2D eigenvalue weighted by Gasteiger charge is -2.22. The first kappa shape index (κ1) is 16.6. The van der Waals surface area contributed by atoms with Crippen molar-refractivity contribution in [1.29, 1.82) is 0 Å². The lowest BCUT2D eigenvalue weighted by atomic mass is 10.00. The maximum absolute atomic E-state index is 5.85. The topological polar surface area (TPSA) is 88.8 Å². The van der Waals surface area contributed by atoms with E-state index in [4.69, 9.17) is 11.5 Å². The van der Waals surface area contributed by atoms with E-state index in [9.17, 15) is 0 Å². The highest BCUT2D eigenvalue weighted by Crippen LogP contribution is 2.12. The molecule has 0 saturated carbocycles. The second-order valence-electron chi connectivity index (χ2n) is 4.76. The fourth-order valence-corrected chi connectivity index (χ4v) is 1.77. The lowest BCUT2D eigenvalue weighted by Crippen LogP contribution is -2.32. The molecular weight excluding hydrogens is 226 g/mol. The van der Waals surface area contributed by atoms with Crippen molar-refractivity contribution in [3.05, 3.63) is 11.5 Å². The van der Waals surface area contributed by atoms with Gasteiger partial charge in [0.1, 0.15) is 12.2 Å². The first-order valence-electron chi connectivity index (χ1n) is 6.48. The van der Waals surface area contributed by atoms with E-state index in [0.29, 0.717) is 23.5 Å². The fourth-order valence-electron chi connectivity index (χ4n) is 1.77. The van der Waals surface area contributed by atoms with Crippen molar-refractivity contribution in [1.82, 2.24) is 5.32 Å². The SMILES string of the molecule is C=N/C=N\C(NC(CCC)CC(C)C)=C(\N)CN. The van der Waals surface area contributed by atoms with E-state index in [-0.39, 0.29) is 6.54 Å². The van der Waals surface area contributed by atoms with Gasteiger partial charge in [-0.2, -0.15) is 0 Å². The molecule has 0 aliphatic heterocycles. The summed E-state index contributed by atoms with van der Waals surface area (Å²) in [5.74, 6) is 1.24. The van der Waals surface area contributed by atoms with Crippen LogP contribution in [-0.2, 0) is 0 Å². The highest BCUT2D eigenvalue weighted by Gasteiger charge is 2.12. The minimum atomic E-state index is 0.275. The van der Waals surface area contributed by atoms with Crippen LogP contribution >= 0.6 is 0 Å². The van der Waals surface area contributed by atoms with Crippen LogP contribution in [0.2, 0.25) is 0 Å². The van der Waals surface area contributed by atoms with Crippen LogP contribution in [-0.4, -0.2) is 25.6 Å². The standard InChI is InChI=1S/C13H27N5/c1-5-6-11(7-10(2)3)18-13(12(15)8-14)17-9-16-4/h9-11,18H,4-8,14-15H2,1-3H3/b13-12-,17-9-.